The van der Waals surface area contributed by atoms with Crippen LogP contribution in [0.25, 0.3) is 16.8 Å². The van der Waals surface area contributed by atoms with E-state index in [1.165, 1.54) is 0 Å². The second-order valence-electron chi connectivity index (χ2n) is 8.40. The van der Waals surface area contributed by atoms with Crippen molar-refractivity contribution in [3.05, 3.63) is 30.6 Å². The van der Waals surface area contributed by atoms with Gasteiger partial charge in [0.1, 0.15) is 18.5 Å². The van der Waals surface area contributed by atoms with Gasteiger partial charge in [-0.2, -0.15) is 10.1 Å². The molecule has 1 amide bonds. The largest absolute Gasteiger partial charge is 0.497 e. The van der Waals surface area contributed by atoms with Crippen LogP contribution in [0.3, 0.4) is 0 Å². The Hall–Kier alpha value is -3.57. The number of methoxy groups -OCH3 is 3. The van der Waals surface area contributed by atoms with Crippen molar-refractivity contribution < 1.29 is 28.5 Å². The first-order valence-corrected chi connectivity index (χ1v) is 11.5. The van der Waals surface area contributed by atoms with Gasteiger partial charge in [0.2, 0.25) is 0 Å². The van der Waals surface area contributed by atoms with E-state index in [2.05, 4.69) is 10.4 Å². The van der Waals surface area contributed by atoms with Gasteiger partial charge in [0.15, 0.2) is 11.4 Å². The molecule has 1 N–H and O–H groups in total. The highest BCUT2D eigenvalue weighted by molar-refractivity contribution is 5.84. The Morgan fingerprint density at radius 2 is 2.06 bits per heavy atom. The molecular weight excluding hydrogens is 454 g/mol. The summed E-state index contributed by atoms with van der Waals surface area (Å²) in [5.74, 6) is 1.44. The zero-order chi connectivity index (χ0) is 24.4. The summed E-state index contributed by atoms with van der Waals surface area (Å²) in [4.78, 5) is 19.7. The van der Waals surface area contributed by atoms with Crippen molar-refractivity contribution >= 4 is 17.2 Å². The lowest BCUT2D eigenvalue weighted by molar-refractivity contribution is -0.138. The molecule has 11 heteroatoms. The van der Waals surface area contributed by atoms with Crippen molar-refractivity contribution in [2.24, 2.45) is 0 Å². The lowest BCUT2D eigenvalue weighted by Crippen LogP contribution is -2.41. The fourth-order valence-electron chi connectivity index (χ4n) is 4.50. The molecule has 35 heavy (non-hydrogen) atoms. The molecule has 0 unspecified atom stereocenters. The minimum atomic E-state index is -0.531. The zero-order valence-corrected chi connectivity index (χ0v) is 20.0. The van der Waals surface area contributed by atoms with E-state index in [9.17, 15) is 4.79 Å². The van der Waals surface area contributed by atoms with E-state index < -0.39 is 6.10 Å². The summed E-state index contributed by atoms with van der Waals surface area (Å²) in [7, 11) is 4.79. The molecule has 2 atom stereocenters. The van der Waals surface area contributed by atoms with Crippen LogP contribution in [0.1, 0.15) is 6.42 Å². The normalized spacial score (nSPS) is 19.7. The first-order valence-electron chi connectivity index (χ1n) is 11.5. The van der Waals surface area contributed by atoms with Crippen molar-refractivity contribution in [3.63, 3.8) is 0 Å². The molecule has 5 rings (SSSR count). The monoisotopic (exact) mass is 483 g/mol. The fourth-order valence-corrected chi connectivity index (χ4v) is 4.50. The summed E-state index contributed by atoms with van der Waals surface area (Å²) in [6.45, 7) is 2.09. The van der Waals surface area contributed by atoms with E-state index in [-0.39, 0.29) is 18.6 Å². The molecule has 1 fully saturated rings. The van der Waals surface area contributed by atoms with Gasteiger partial charge in [0.25, 0.3) is 11.8 Å². The number of carbonyl (C=O) groups excluding carboxylic acids is 1. The van der Waals surface area contributed by atoms with E-state index in [0.717, 1.165) is 16.8 Å². The third-order valence-electron chi connectivity index (χ3n) is 6.29. The molecule has 186 valence electrons. The van der Waals surface area contributed by atoms with Gasteiger partial charge in [-0.25, -0.2) is 4.52 Å². The van der Waals surface area contributed by atoms with E-state index in [4.69, 9.17) is 28.7 Å². The maximum absolute atomic E-state index is 13.1. The quantitative estimate of drug-likeness (QED) is 0.526. The number of aromatic nitrogens is 3. The van der Waals surface area contributed by atoms with Gasteiger partial charge in [-0.1, -0.05) is 0 Å². The maximum Gasteiger partial charge on any atom is 0.260 e. The lowest BCUT2D eigenvalue weighted by Gasteiger charge is -2.25. The summed E-state index contributed by atoms with van der Waals surface area (Å²) < 4.78 is 29.7. The Bertz CT molecular complexity index is 1210. The van der Waals surface area contributed by atoms with Gasteiger partial charge in [-0.05, 0) is 17.7 Å². The molecular formula is C24H29N5O6. The molecule has 2 aliphatic rings. The van der Waals surface area contributed by atoms with Crippen LogP contribution >= 0.6 is 0 Å². The average molecular weight is 484 g/mol. The summed E-state index contributed by atoms with van der Waals surface area (Å²) in [5.41, 5.74) is 3.22. The third kappa shape index (κ3) is 4.56. The fraction of sp³-hybridized carbons (Fsp3) is 0.458. The first-order chi connectivity index (χ1) is 17.1. The number of nitrogens with zero attached hydrogens (tertiary/aromatic N) is 4. The molecule has 2 aromatic heterocycles. The zero-order valence-electron chi connectivity index (χ0n) is 20.0. The molecule has 0 radical (unpaired) electrons. The maximum atomic E-state index is 13.1. The van der Waals surface area contributed by atoms with Crippen molar-refractivity contribution in [3.8, 4) is 28.5 Å². The van der Waals surface area contributed by atoms with Crippen LogP contribution in [0.4, 0.5) is 5.69 Å². The van der Waals surface area contributed by atoms with Crippen LogP contribution in [0, 0.1) is 0 Å². The number of carbonyl (C=O) groups is 1. The predicted octanol–water partition coefficient (Wildman–Crippen LogP) is 1.85. The molecule has 3 aromatic rings. The highest BCUT2D eigenvalue weighted by atomic mass is 16.5. The van der Waals surface area contributed by atoms with Crippen molar-refractivity contribution in [2.75, 3.05) is 59.6 Å². The van der Waals surface area contributed by atoms with Gasteiger partial charge in [0.05, 0.1) is 45.9 Å². The van der Waals surface area contributed by atoms with Crippen molar-refractivity contribution in [1.29, 1.82) is 0 Å². The SMILES string of the molecule is COCCO[C@@H]1C[C@H]2COc3nc4c(cnn4cc3OC)-c3cc(cc(OC)c3)NCCN2C1=O. The van der Waals surface area contributed by atoms with Crippen molar-refractivity contribution in [2.45, 2.75) is 18.6 Å². The highest BCUT2D eigenvalue weighted by Crippen LogP contribution is 2.34. The lowest BCUT2D eigenvalue weighted by atomic mass is 10.1. The first kappa shape index (κ1) is 23.2. The third-order valence-corrected chi connectivity index (χ3v) is 6.29. The van der Waals surface area contributed by atoms with Crippen LogP contribution in [0.2, 0.25) is 0 Å². The van der Waals surface area contributed by atoms with Gasteiger partial charge in [0, 0.05) is 43.9 Å². The van der Waals surface area contributed by atoms with Crippen LogP contribution in [0.15, 0.2) is 30.6 Å². The minimum absolute atomic E-state index is 0.0524. The number of fused-ring (bicyclic) bond motifs is 5. The van der Waals surface area contributed by atoms with Crippen LogP contribution in [-0.4, -0.2) is 91.8 Å². The smallest absolute Gasteiger partial charge is 0.260 e. The number of benzene rings is 1. The Labute approximate surface area is 202 Å². The van der Waals surface area contributed by atoms with Crippen molar-refractivity contribution in [1.82, 2.24) is 19.5 Å². The minimum Gasteiger partial charge on any atom is -0.497 e. The Kier molecular flexibility index (Phi) is 6.60. The molecule has 4 bridgehead atoms. The molecule has 0 aliphatic carbocycles. The predicted molar refractivity (Wildman–Crippen MR) is 127 cm³/mol. The van der Waals surface area contributed by atoms with Gasteiger partial charge >= 0.3 is 0 Å². The average Bonchev–Trinajstić information content (AvgIpc) is 3.42. The van der Waals surface area contributed by atoms with E-state index >= 15 is 0 Å². The Balaban J connectivity index is 1.53. The van der Waals surface area contributed by atoms with Crippen LogP contribution in [0.5, 0.6) is 17.4 Å². The standard InChI is InChI=1S/C24H29N5O6/c1-31-6-7-34-20-11-17-14-35-23-21(33-3)13-29-22(27-23)19(12-26-29)15-8-16(10-18(9-15)32-2)25-4-5-28(17)24(20)30/h8-10,12-13,17,20,25H,4-7,11,14H2,1-3H3/t17-,20+/m0/s1. The van der Waals surface area contributed by atoms with Crippen LogP contribution in [-0.2, 0) is 14.3 Å². The molecule has 11 nitrogen and oxygen atoms in total. The molecule has 2 aliphatic heterocycles. The number of hydrogen-bond donors (Lipinski definition) is 1. The number of hydrogen-bond acceptors (Lipinski definition) is 9. The molecule has 0 saturated carbocycles. The molecule has 4 heterocycles. The highest BCUT2D eigenvalue weighted by Gasteiger charge is 2.40. The summed E-state index contributed by atoms with van der Waals surface area (Å²) in [6.07, 6.45) is 3.49. The number of anilines is 1. The Morgan fingerprint density at radius 3 is 2.86 bits per heavy atom. The van der Waals surface area contributed by atoms with Crippen LogP contribution < -0.4 is 19.5 Å². The molecule has 1 saturated heterocycles. The van der Waals surface area contributed by atoms with E-state index in [1.54, 1.807) is 38.2 Å². The van der Waals surface area contributed by atoms with E-state index in [0.29, 0.717) is 55.8 Å². The number of rotatable bonds is 6. The van der Waals surface area contributed by atoms with Gasteiger partial charge < -0.3 is 33.9 Å². The van der Waals surface area contributed by atoms with Gasteiger partial charge in [-0.3, -0.25) is 4.79 Å². The summed E-state index contributed by atoms with van der Waals surface area (Å²) >= 11 is 0. The molecule has 1 aromatic carbocycles. The number of nitrogens with one attached hydrogen (secondary N) is 1. The topological polar surface area (TPSA) is 109 Å². The van der Waals surface area contributed by atoms with Gasteiger partial charge in [-0.15, -0.1) is 0 Å². The molecule has 0 spiro atoms. The summed E-state index contributed by atoms with van der Waals surface area (Å²) in [6, 6.07) is 5.69. The number of amides is 1. The summed E-state index contributed by atoms with van der Waals surface area (Å²) in [5, 5.41) is 7.87. The van der Waals surface area contributed by atoms with E-state index in [1.807, 2.05) is 23.1 Å². The second kappa shape index (κ2) is 9.96. The Morgan fingerprint density at radius 1 is 1.17 bits per heavy atom. The second-order valence-corrected chi connectivity index (χ2v) is 8.40. The number of ether oxygens (including phenoxy) is 5.